The van der Waals surface area contributed by atoms with Crippen LogP contribution in [-0.4, -0.2) is 47.2 Å². The number of nitrogens with zero attached hydrogens (tertiary/aromatic N) is 4. The van der Waals surface area contributed by atoms with E-state index in [0.29, 0.717) is 47.4 Å². The number of fused-ring (bicyclic) bond motifs is 2. The Balaban J connectivity index is 1.30. The molecule has 8 nitrogen and oxygen atoms in total. The van der Waals surface area contributed by atoms with Crippen molar-refractivity contribution in [3.8, 4) is 16.9 Å². The maximum atomic E-state index is 13.4. The number of hydrogen-bond acceptors (Lipinski definition) is 6. The van der Waals surface area contributed by atoms with E-state index < -0.39 is 5.97 Å². The molecule has 5 rings (SSSR count). The highest BCUT2D eigenvalue weighted by Crippen LogP contribution is 2.37. The predicted molar refractivity (Wildman–Crippen MR) is 156 cm³/mol. The molecule has 9 heteroatoms. The normalized spacial score (nSPS) is 12.6. The Kier molecular flexibility index (Phi) is 7.71. The number of amides is 1. The van der Waals surface area contributed by atoms with Crippen LogP contribution in [0.1, 0.15) is 34.0 Å². The van der Waals surface area contributed by atoms with E-state index in [0.717, 1.165) is 33.7 Å². The summed E-state index contributed by atoms with van der Waals surface area (Å²) in [4.78, 5) is 37.1. The van der Waals surface area contributed by atoms with Gasteiger partial charge in [-0.2, -0.15) is 0 Å². The smallest absolute Gasteiger partial charge is 0.307 e. The van der Waals surface area contributed by atoms with Gasteiger partial charge in [0.25, 0.3) is 5.91 Å². The molecule has 1 aliphatic heterocycles. The summed E-state index contributed by atoms with van der Waals surface area (Å²) in [5.41, 5.74) is 5.53. The van der Waals surface area contributed by atoms with Gasteiger partial charge in [-0.3, -0.25) is 9.59 Å². The van der Waals surface area contributed by atoms with Crippen molar-refractivity contribution in [2.24, 2.45) is 0 Å². The number of carbonyl (C=O) groups excluding carboxylic acids is 1. The zero-order valence-corrected chi connectivity index (χ0v) is 23.3. The van der Waals surface area contributed by atoms with Crippen LogP contribution >= 0.6 is 11.6 Å². The van der Waals surface area contributed by atoms with E-state index in [1.165, 1.54) is 0 Å². The lowest BCUT2D eigenvalue weighted by molar-refractivity contribution is -0.136. The molecular formula is C31H29ClN4O4. The second-order valence-electron chi connectivity index (χ2n) is 9.63. The molecule has 1 aliphatic rings. The molecule has 0 aliphatic carbocycles. The fourth-order valence-corrected chi connectivity index (χ4v) is 5.21. The lowest BCUT2D eigenvalue weighted by Crippen LogP contribution is -2.25. The van der Waals surface area contributed by atoms with E-state index in [1.807, 2.05) is 61.2 Å². The quantitative estimate of drug-likeness (QED) is 0.280. The maximum Gasteiger partial charge on any atom is 0.307 e. The zero-order chi connectivity index (χ0) is 28.4. The zero-order valence-electron chi connectivity index (χ0n) is 22.5. The first kappa shape index (κ1) is 27.1. The lowest BCUT2D eigenvalue weighted by atomic mass is 10.0. The van der Waals surface area contributed by atoms with Crippen molar-refractivity contribution in [2.45, 2.75) is 26.7 Å². The molecule has 2 aromatic carbocycles. The van der Waals surface area contributed by atoms with Crippen LogP contribution in [-0.2, 0) is 17.6 Å². The Morgan fingerprint density at radius 3 is 2.58 bits per heavy atom. The Bertz CT molecular complexity index is 1610. The molecule has 0 radical (unpaired) electrons. The third-order valence-electron chi connectivity index (χ3n) is 6.94. The minimum Gasteiger partial charge on any atom is -0.493 e. The number of aromatic nitrogens is 2. The summed E-state index contributed by atoms with van der Waals surface area (Å²) in [6.07, 6.45) is 4.01. The minimum absolute atomic E-state index is 0.0713. The standard InChI is InChI=1S/C31H29ClN4O4/c1-4-36-29-24(31(39)35(3)26-6-5-12-33-30(26)36)15-21(18-34-29)11-13-40-27-10-8-22(14-19(27)2)23-9-7-20(16-25(23)32)17-28(37)38/h5-10,12,14-16,18H,4,11,13,17H2,1-3H3,(H,37,38). The molecule has 0 fully saturated rings. The van der Waals surface area contributed by atoms with Crippen LogP contribution in [0.4, 0.5) is 17.3 Å². The van der Waals surface area contributed by atoms with Crippen molar-refractivity contribution >= 4 is 40.8 Å². The Morgan fingerprint density at radius 2 is 1.85 bits per heavy atom. The number of aryl methyl sites for hydroxylation is 1. The van der Waals surface area contributed by atoms with E-state index >= 15 is 0 Å². The van der Waals surface area contributed by atoms with Gasteiger partial charge in [-0.15, -0.1) is 0 Å². The second-order valence-corrected chi connectivity index (χ2v) is 10.0. The Hall–Kier alpha value is -4.43. The lowest BCUT2D eigenvalue weighted by Gasteiger charge is -2.22. The molecule has 4 aromatic rings. The van der Waals surface area contributed by atoms with Gasteiger partial charge >= 0.3 is 5.97 Å². The number of carbonyl (C=O) groups is 2. The molecule has 0 bridgehead atoms. The predicted octanol–water partition coefficient (Wildman–Crippen LogP) is 6.10. The summed E-state index contributed by atoms with van der Waals surface area (Å²) in [6.45, 7) is 5.02. The van der Waals surface area contributed by atoms with E-state index in [4.69, 9.17) is 21.4 Å². The number of hydrogen-bond donors (Lipinski definition) is 1. The third kappa shape index (κ3) is 5.35. The molecule has 1 amide bonds. The topological polar surface area (TPSA) is 95.9 Å². The summed E-state index contributed by atoms with van der Waals surface area (Å²) < 4.78 is 6.09. The molecule has 0 saturated heterocycles. The van der Waals surface area contributed by atoms with E-state index in [2.05, 4.69) is 9.97 Å². The summed E-state index contributed by atoms with van der Waals surface area (Å²) in [7, 11) is 1.76. The first-order chi connectivity index (χ1) is 19.3. The van der Waals surface area contributed by atoms with Gasteiger partial charge < -0.3 is 19.6 Å². The number of benzene rings is 2. The van der Waals surface area contributed by atoms with Crippen LogP contribution < -0.4 is 14.5 Å². The van der Waals surface area contributed by atoms with Crippen molar-refractivity contribution in [1.82, 2.24) is 9.97 Å². The number of ether oxygens (including phenoxy) is 1. The van der Waals surface area contributed by atoms with Crippen LogP contribution in [0, 0.1) is 6.92 Å². The van der Waals surface area contributed by atoms with Crippen LogP contribution in [0.5, 0.6) is 5.75 Å². The Labute approximate surface area is 237 Å². The largest absolute Gasteiger partial charge is 0.493 e. The van der Waals surface area contributed by atoms with Crippen LogP contribution in [0.3, 0.4) is 0 Å². The van der Waals surface area contributed by atoms with Crippen LogP contribution in [0.15, 0.2) is 67.0 Å². The van der Waals surface area contributed by atoms with Gasteiger partial charge in [-0.25, -0.2) is 9.97 Å². The summed E-state index contributed by atoms with van der Waals surface area (Å²) >= 11 is 6.45. The maximum absolute atomic E-state index is 13.4. The Morgan fingerprint density at radius 1 is 1.02 bits per heavy atom. The summed E-state index contributed by atoms with van der Waals surface area (Å²) in [5.74, 6) is 1.03. The molecule has 0 atom stereocenters. The number of aliphatic carboxylic acids is 1. The second kappa shape index (κ2) is 11.4. The molecule has 0 spiro atoms. The fraction of sp³-hybridized carbons (Fsp3) is 0.226. The molecule has 204 valence electrons. The van der Waals surface area contributed by atoms with Crippen LogP contribution in [0.25, 0.3) is 11.1 Å². The number of anilines is 3. The summed E-state index contributed by atoms with van der Waals surface area (Å²) in [5, 5.41) is 9.52. The molecular weight excluding hydrogens is 528 g/mol. The molecule has 40 heavy (non-hydrogen) atoms. The number of carboxylic acid groups (broad SMARTS) is 1. The van der Waals surface area contributed by atoms with Gasteiger partial charge in [0.05, 0.1) is 24.3 Å². The highest BCUT2D eigenvalue weighted by atomic mass is 35.5. The molecule has 2 aromatic heterocycles. The SMILES string of the molecule is CCN1c2ncc(CCOc3ccc(-c4ccc(CC(=O)O)cc4Cl)cc3C)cc2C(=O)N(C)c2cccnc21. The first-order valence-electron chi connectivity index (χ1n) is 13.0. The summed E-state index contributed by atoms with van der Waals surface area (Å²) in [6, 6.07) is 16.8. The van der Waals surface area contributed by atoms with E-state index in [-0.39, 0.29) is 12.3 Å². The van der Waals surface area contributed by atoms with Gasteiger partial charge in [-0.1, -0.05) is 29.8 Å². The van der Waals surface area contributed by atoms with Gasteiger partial charge in [0.15, 0.2) is 5.82 Å². The molecule has 0 unspecified atom stereocenters. The number of rotatable bonds is 8. The van der Waals surface area contributed by atoms with Gasteiger partial charge in [0, 0.05) is 43.0 Å². The van der Waals surface area contributed by atoms with Gasteiger partial charge in [0.1, 0.15) is 11.6 Å². The monoisotopic (exact) mass is 556 g/mol. The van der Waals surface area contributed by atoms with Crippen molar-refractivity contribution in [3.63, 3.8) is 0 Å². The number of halogens is 1. The average Bonchev–Trinajstić information content (AvgIpc) is 3.02. The molecule has 3 heterocycles. The highest BCUT2D eigenvalue weighted by Gasteiger charge is 2.30. The molecule has 1 N–H and O–H groups in total. The first-order valence-corrected chi connectivity index (χ1v) is 13.4. The van der Waals surface area contributed by atoms with Crippen molar-refractivity contribution < 1.29 is 19.4 Å². The fourth-order valence-electron chi connectivity index (χ4n) is 4.89. The molecule has 0 saturated carbocycles. The van der Waals surface area contributed by atoms with Crippen molar-refractivity contribution in [1.29, 1.82) is 0 Å². The number of carboxylic acids is 1. The third-order valence-corrected chi connectivity index (χ3v) is 7.25. The number of pyridine rings is 2. The highest BCUT2D eigenvalue weighted by molar-refractivity contribution is 6.33. The van der Waals surface area contributed by atoms with Crippen molar-refractivity contribution in [3.05, 3.63) is 94.3 Å². The van der Waals surface area contributed by atoms with Gasteiger partial charge in [0.2, 0.25) is 0 Å². The minimum atomic E-state index is -0.896. The van der Waals surface area contributed by atoms with Crippen molar-refractivity contribution in [2.75, 3.05) is 30.0 Å². The van der Waals surface area contributed by atoms with E-state index in [1.54, 1.807) is 36.5 Å². The van der Waals surface area contributed by atoms with Gasteiger partial charge in [-0.05, 0) is 72.5 Å². The van der Waals surface area contributed by atoms with E-state index in [9.17, 15) is 9.59 Å². The van der Waals surface area contributed by atoms with Crippen LogP contribution in [0.2, 0.25) is 5.02 Å². The average molecular weight is 557 g/mol.